The Morgan fingerprint density at radius 2 is 1.89 bits per heavy atom. The van der Waals surface area contributed by atoms with Crippen molar-refractivity contribution in [2.75, 3.05) is 39.3 Å². The Bertz CT molecular complexity index is 256. The van der Waals surface area contributed by atoms with Crippen molar-refractivity contribution in [2.24, 2.45) is 11.7 Å². The molecule has 1 rings (SSSR count). The zero-order chi connectivity index (χ0) is 14.1. The van der Waals surface area contributed by atoms with Gasteiger partial charge in [0.05, 0.1) is 0 Å². The van der Waals surface area contributed by atoms with Gasteiger partial charge in [0.25, 0.3) is 0 Å². The average molecular weight is 269 g/mol. The van der Waals surface area contributed by atoms with E-state index in [9.17, 15) is 4.79 Å². The lowest BCUT2D eigenvalue weighted by atomic mass is 10.1. The van der Waals surface area contributed by atoms with Crippen molar-refractivity contribution in [3.63, 3.8) is 0 Å². The van der Waals surface area contributed by atoms with Crippen LogP contribution in [0.2, 0.25) is 0 Å². The van der Waals surface area contributed by atoms with Crippen molar-refractivity contribution in [2.45, 2.75) is 46.0 Å². The number of unbranched alkanes of at least 4 members (excludes halogenated alkanes) is 2. The van der Waals surface area contributed by atoms with E-state index < -0.39 is 0 Å². The normalized spacial score (nSPS) is 17.8. The summed E-state index contributed by atoms with van der Waals surface area (Å²) in [5.41, 5.74) is 5.51. The summed E-state index contributed by atoms with van der Waals surface area (Å²) >= 11 is 0. The van der Waals surface area contributed by atoms with Gasteiger partial charge in [0.1, 0.15) is 0 Å². The topological polar surface area (TPSA) is 49.6 Å². The Kier molecular flexibility index (Phi) is 8.07. The highest BCUT2D eigenvalue weighted by Gasteiger charge is 2.19. The third-order valence-electron chi connectivity index (χ3n) is 3.70. The summed E-state index contributed by atoms with van der Waals surface area (Å²) in [6, 6.07) is 0. The number of carbonyl (C=O) groups excluding carboxylic acids is 1. The Balaban J connectivity index is 2.25. The summed E-state index contributed by atoms with van der Waals surface area (Å²) in [6.45, 7) is 10.2. The number of rotatable bonds is 7. The van der Waals surface area contributed by atoms with Crippen molar-refractivity contribution in [3.05, 3.63) is 0 Å². The van der Waals surface area contributed by atoms with Crippen LogP contribution < -0.4 is 5.73 Å². The van der Waals surface area contributed by atoms with Crippen LogP contribution in [0.25, 0.3) is 0 Å². The van der Waals surface area contributed by atoms with Crippen molar-refractivity contribution < 1.29 is 4.79 Å². The van der Waals surface area contributed by atoms with Crippen LogP contribution in [-0.4, -0.2) is 55.0 Å². The molecule has 4 nitrogen and oxygen atoms in total. The first-order valence-electron chi connectivity index (χ1n) is 7.83. The molecule has 1 heterocycles. The van der Waals surface area contributed by atoms with E-state index in [1.807, 2.05) is 0 Å². The molecule has 0 aliphatic carbocycles. The van der Waals surface area contributed by atoms with E-state index in [1.165, 1.54) is 12.8 Å². The summed E-state index contributed by atoms with van der Waals surface area (Å²) in [5, 5.41) is 0. The van der Waals surface area contributed by atoms with Gasteiger partial charge in [0, 0.05) is 26.1 Å². The summed E-state index contributed by atoms with van der Waals surface area (Å²) < 4.78 is 0. The molecule has 0 unspecified atom stereocenters. The molecular weight excluding hydrogens is 238 g/mol. The largest absolute Gasteiger partial charge is 0.341 e. The standard InChI is InChI=1S/C15H31N3O/c1-14(2)13-15(19)18-10-6-9-17(11-12-18)8-5-3-4-7-16/h14H,3-13,16H2,1-2H3. The third kappa shape index (κ3) is 6.92. The van der Waals surface area contributed by atoms with Crippen LogP contribution in [0.1, 0.15) is 46.0 Å². The number of carbonyl (C=O) groups is 1. The maximum atomic E-state index is 12.1. The van der Waals surface area contributed by atoms with E-state index >= 15 is 0 Å². The minimum Gasteiger partial charge on any atom is -0.341 e. The molecule has 0 spiro atoms. The summed E-state index contributed by atoms with van der Waals surface area (Å²) in [5.74, 6) is 0.795. The maximum Gasteiger partial charge on any atom is 0.222 e. The minimum atomic E-state index is 0.333. The molecule has 19 heavy (non-hydrogen) atoms. The van der Waals surface area contributed by atoms with E-state index in [4.69, 9.17) is 5.73 Å². The quantitative estimate of drug-likeness (QED) is 0.716. The molecule has 0 radical (unpaired) electrons. The molecule has 0 bridgehead atoms. The zero-order valence-corrected chi connectivity index (χ0v) is 12.7. The summed E-state index contributed by atoms with van der Waals surface area (Å²) in [4.78, 5) is 16.6. The third-order valence-corrected chi connectivity index (χ3v) is 3.70. The van der Waals surface area contributed by atoms with Crippen LogP contribution in [0.3, 0.4) is 0 Å². The van der Waals surface area contributed by atoms with Crippen LogP contribution in [0.4, 0.5) is 0 Å². The van der Waals surface area contributed by atoms with Gasteiger partial charge < -0.3 is 15.5 Å². The van der Waals surface area contributed by atoms with Gasteiger partial charge in [-0.3, -0.25) is 4.79 Å². The number of amides is 1. The SMILES string of the molecule is CC(C)CC(=O)N1CCCN(CCCCCN)CC1. The van der Waals surface area contributed by atoms with Gasteiger partial charge in [-0.1, -0.05) is 20.3 Å². The highest BCUT2D eigenvalue weighted by Crippen LogP contribution is 2.09. The van der Waals surface area contributed by atoms with Crippen LogP contribution >= 0.6 is 0 Å². The lowest BCUT2D eigenvalue weighted by Crippen LogP contribution is -2.35. The monoisotopic (exact) mass is 269 g/mol. The second kappa shape index (κ2) is 9.32. The van der Waals surface area contributed by atoms with Crippen LogP contribution in [0, 0.1) is 5.92 Å². The first-order valence-corrected chi connectivity index (χ1v) is 7.83. The molecule has 2 N–H and O–H groups in total. The maximum absolute atomic E-state index is 12.1. The van der Waals surface area contributed by atoms with Gasteiger partial charge in [0.15, 0.2) is 0 Å². The van der Waals surface area contributed by atoms with Crippen LogP contribution in [0.15, 0.2) is 0 Å². The molecule has 0 atom stereocenters. The van der Waals surface area contributed by atoms with Gasteiger partial charge in [-0.25, -0.2) is 0 Å². The van der Waals surface area contributed by atoms with Crippen LogP contribution in [-0.2, 0) is 4.79 Å². The minimum absolute atomic E-state index is 0.333. The van der Waals surface area contributed by atoms with Crippen molar-refractivity contribution in [3.8, 4) is 0 Å². The summed E-state index contributed by atoms with van der Waals surface area (Å²) in [7, 11) is 0. The van der Waals surface area contributed by atoms with Crippen molar-refractivity contribution >= 4 is 5.91 Å². The first-order chi connectivity index (χ1) is 9.13. The highest BCUT2D eigenvalue weighted by molar-refractivity contribution is 5.76. The van der Waals surface area contributed by atoms with Crippen molar-refractivity contribution in [1.82, 2.24) is 9.80 Å². The molecular formula is C15H31N3O. The van der Waals surface area contributed by atoms with Gasteiger partial charge in [-0.05, 0) is 44.8 Å². The fraction of sp³-hybridized carbons (Fsp3) is 0.933. The Labute approximate surface area is 118 Å². The van der Waals surface area contributed by atoms with Crippen LogP contribution in [0.5, 0.6) is 0 Å². The van der Waals surface area contributed by atoms with Gasteiger partial charge in [-0.2, -0.15) is 0 Å². The smallest absolute Gasteiger partial charge is 0.222 e. The van der Waals surface area contributed by atoms with E-state index in [0.717, 1.165) is 52.1 Å². The van der Waals surface area contributed by atoms with E-state index in [1.54, 1.807) is 0 Å². The molecule has 1 amide bonds. The second-order valence-electron chi connectivity index (χ2n) is 6.02. The molecule has 0 saturated carbocycles. The Morgan fingerprint density at radius 3 is 2.58 bits per heavy atom. The Hall–Kier alpha value is -0.610. The predicted molar refractivity (Wildman–Crippen MR) is 80.0 cm³/mol. The first kappa shape index (κ1) is 16.4. The lowest BCUT2D eigenvalue weighted by molar-refractivity contribution is -0.131. The van der Waals surface area contributed by atoms with E-state index in [0.29, 0.717) is 18.2 Å². The fourth-order valence-corrected chi connectivity index (χ4v) is 2.58. The second-order valence-corrected chi connectivity index (χ2v) is 6.02. The van der Waals surface area contributed by atoms with Gasteiger partial charge in [-0.15, -0.1) is 0 Å². The fourth-order valence-electron chi connectivity index (χ4n) is 2.58. The Morgan fingerprint density at radius 1 is 1.11 bits per heavy atom. The lowest BCUT2D eigenvalue weighted by Gasteiger charge is -2.22. The summed E-state index contributed by atoms with van der Waals surface area (Å²) in [6.07, 6.45) is 5.39. The van der Waals surface area contributed by atoms with E-state index in [2.05, 4.69) is 23.6 Å². The number of hydrogen-bond donors (Lipinski definition) is 1. The highest BCUT2D eigenvalue weighted by atomic mass is 16.2. The molecule has 1 aliphatic rings. The molecule has 0 aromatic heterocycles. The number of nitrogens with two attached hydrogens (primary N) is 1. The molecule has 1 aliphatic heterocycles. The number of nitrogens with zero attached hydrogens (tertiary/aromatic N) is 2. The van der Waals surface area contributed by atoms with Gasteiger partial charge in [0.2, 0.25) is 5.91 Å². The molecule has 1 fully saturated rings. The zero-order valence-electron chi connectivity index (χ0n) is 12.7. The molecule has 1 saturated heterocycles. The number of hydrogen-bond acceptors (Lipinski definition) is 3. The molecule has 4 heteroatoms. The molecule has 0 aromatic rings. The van der Waals surface area contributed by atoms with Crippen molar-refractivity contribution in [1.29, 1.82) is 0 Å². The molecule has 112 valence electrons. The van der Waals surface area contributed by atoms with E-state index in [-0.39, 0.29) is 0 Å². The average Bonchev–Trinajstić information content (AvgIpc) is 2.59. The van der Waals surface area contributed by atoms with Gasteiger partial charge >= 0.3 is 0 Å². The predicted octanol–water partition coefficient (Wildman–Crippen LogP) is 1.70. The molecule has 0 aromatic carbocycles.